The Kier molecular flexibility index (Phi) is 5.05. The predicted molar refractivity (Wildman–Crippen MR) is 116 cm³/mol. The molecule has 0 unspecified atom stereocenters. The molecule has 0 spiro atoms. The van der Waals surface area contributed by atoms with Crippen LogP contribution in [-0.4, -0.2) is 29.4 Å². The largest absolute Gasteiger partial charge is 0.507 e. The van der Waals surface area contributed by atoms with Crippen LogP contribution in [0.3, 0.4) is 0 Å². The van der Waals surface area contributed by atoms with E-state index in [2.05, 4.69) is 30.4 Å². The van der Waals surface area contributed by atoms with Crippen LogP contribution < -0.4 is 19.2 Å². The third kappa shape index (κ3) is 3.80. The molecule has 12 heteroatoms. The van der Waals surface area contributed by atoms with Crippen LogP contribution in [0.5, 0.6) is 11.5 Å². The van der Waals surface area contributed by atoms with Crippen LogP contribution >= 0.6 is 27.3 Å². The number of carbonyl (C=O) groups excluding carboxylic acids is 1. The van der Waals surface area contributed by atoms with Crippen molar-refractivity contribution in [2.24, 2.45) is 4.99 Å². The number of amides is 2. The Morgan fingerprint density at radius 3 is 2.58 bits per heavy atom. The second-order valence-corrected chi connectivity index (χ2v) is 9.56. The lowest BCUT2D eigenvalue weighted by Crippen LogP contribution is -2.52. The number of urea groups is 1. The number of thiazole rings is 1. The molecular weight excluding hydrogens is 530 g/mol. The van der Waals surface area contributed by atoms with Crippen molar-refractivity contribution in [1.82, 2.24) is 4.57 Å². The minimum absolute atomic E-state index is 0.289. The first-order valence-corrected chi connectivity index (χ1v) is 11.3. The fourth-order valence-electron chi connectivity index (χ4n) is 3.64. The van der Waals surface area contributed by atoms with Crippen molar-refractivity contribution in [3.8, 4) is 17.2 Å². The predicted octanol–water partition coefficient (Wildman–Crippen LogP) is 5.65. The van der Waals surface area contributed by atoms with Crippen molar-refractivity contribution in [1.29, 1.82) is 0 Å². The van der Waals surface area contributed by atoms with Crippen LogP contribution in [0.25, 0.3) is 5.69 Å². The van der Waals surface area contributed by atoms with Crippen LogP contribution in [0.4, 0.5) is 28.0 Å². The van der Waals surface area contributed by atoms with E-state index in [1.807, 2.05) is 18.2 Å². The quantitative estimate of drug-likeness (QED) is 0.373. The lowest BCUT2D eigenvalue weighted by atomic mass is 10.2. The Bertz CT molecular complexity index is 1350. The maximum Gasteiger partial charge on any atom is 0.507 e. The minimum Gasteiger partial charge on any atom is -0.421 e. The van der Waals surface area contributed by atoms with E-state index in [1.54, 1.807) is 18.0 Å². The molecule has 5 rings (SSSR count). The molecule has 3 heterocycles. The molecule has 1 aromatic heterocycles. The second-order valence-electron chi connectivity index (χ2n) is 7.43. The summed E-state index contributed by atoms with van der Waals surface area (Å²) < 4.78 is 64.8. The topological polar surface area (TPSA) is 56.1 Å². The first-order chi connectivity index (χ1) is 15.5. The monoisotopic (exact) mass is 543 g/mol. The number of nitrogens with zero attached hydrogens (tertiary/aromatic N) is 3. The van der Waals surface area contributed by atoms with Crippen molar-refractivity contribution in [3.05, 3.63) is 62.3 Å². The van der Waals surface area contributed by atoms with Crippen LogP contribution in [-0.2, 0) is 6.42 Å². The summed E-state index contributed by atoms with van der Waals surface area (Å²) in [5.41, 5.74) is 2.09. The maximum absolute atomic E-state index is 13.6. The van der Waals surface area contributed by atoms with E-state index >= 15 is 0 Å². The molecular formula is C21H14BrF4N3O3S. The molecule has 6 nitrogen and oxygen atoms in total. The fourth-order valence-corrected chi connectivity index (χ4v) is 4.87. The van der Waals surface area contributed by atoms with Gasteiger partial charge in [-0.3, -0.25) is 9.47 Å². The molecule has 0 bridgehead atoms. The number of hydrogen-bond donors (Lipinski definition) is 0. The Hall–Kier alpha value is -2.86. The van der Waals surface area contributed by atoms with E-state index in [-0.39, 0.29) is 4.80 Å². The van der Waals surface area contributed by atoms with Crippen molar-refractivity contribution in [3.63, 3.8) is 0 Å². The first kappa shape index (κ1) is 22.0. The summed E-state index contributed by atoms with van der Waals surface area (Å²) >= 11 is 4.64. The average Bonchev–Trinajstić information content (AvgIpc) is 3.30. The number of benzene rings is 2. The summed E-state index contributed by atoms with van der Waals surface area (Å²) in [4.78, 5) is 19.8. The van der Waals surface area contributed by atoms with Gasteiger partial charge in [0.1, 0.15) is 0 Å². The molecule has 2 aliphatic rings. The number of aryl methyl sites for hydroxylation is 1. The molecule has 0 atom stereocenters. The summed E-state index contributed by atoms with van der Waals surface area (Å²) in [5.74, 6) is -1.06. The third-order valence-corrected chi connectivity index (χ3v) is 6.54. The number of alkyl halides is 4. The van der Waals surface area contributed by atoms with E-state index in [1.165, 1.54) is 22.0 Å². The standard InChI is InChI=1S/C21H14BrF4N3O3S/c1-11-10-29(14-3-5-16-17(9-14)32-21(25,26)20(23,24)31-16)19(33-11)27-18(30)28-7-6-12-8-13(22)2-4-15(12)28/h2-5,8-10H,6-7H2,1H3/b27-19-. The molecule has 2 amide bonds. The maximum atomic E-state index is 13.6. The Balaban J connectivity index is 1.51. The van der Waals surface area contributed by atoms with Gasteiger partial charge in [0.25, 0.3) is 0 Å². The molecule has 0 aliphatic carbocycles. The summed E-state index contributed by atoms with van der Waals surface area (Å²) in [6.45, 7) is 2.27. The minimum atomic E-state index is -4.82. The number of anilines is 1. The summed E-state index contributed by atoms with van der Waals surface area (Å²) in [5, 5.41) is 0. The molecule has 2 aromatic carbocycles. The van der Waals surface area contributed by atoms with E-state index in [0.717, 1.165) is 32.7 Å². The summed E-state index contributed by atoms with van der Waals surface area (Å²) in [7, 11) is 0. The van der Waals surface area contributed by atoms with Gasteiger partial charge in [0.05, 0.1) is 5.69 Å². The van der Waals surface area contributed by atoms with Gasteiger partial charge in [-0.05, 0) is 49.2 Å². The lowest BCUT2D eigenvalue weighted by Gasteiger charge is -2.31. The van der Waals surface area contributed by atoms with Gasteiger partial charge in [-0.15, -0.1) is 11.3 Å². The van der Waals surface area contributed by atoms with Gasteiger partial charge < -0.3 is 9.47 Å². The SMILES string of the molecule is Cc1cn(-c2ccc3c(c2)OC(F)(F)C(F)(F)O3)/c(=N/C(=O)N2CCc3cc(Br)ccc32)s1. The van der Waals surface area contributed by atoms with Crippen LogP contribution in [0.1, 0.15) is 10.4 Å². The van der Waals surface area contributed by atoms with E-state index in [9.17, 15) is 22.4 Å². The molecule has 172 valence electrons. The van der Waals surface area contributed by atoms with Crippen LogP contribution in [0.15, 0.2) is 52.1 Å². The zero-order chi connectivity index (χ0) is 23.5. The van der Waals surface area contributed by atoms with Gasteiger partial charge in [0, 0.05) is 33.8 Å². The van der Waals surface area contributed by atoms with Gasteiger partial charge in [-0.25, -0.2) is 4.79 Å². The lowest BCUT2D eigenvalue weighted by molar-refractivity contribution is -0.391. The van der Waals surface area contributed by atoms with E-state index in [4.69, 9.17) is 0 Å². The highest BCUT2D eigenvalue weighted by atomic mass is 79.9. The van der Waals surface area contributed by atoms with Gasteiger partial charge in [0.2, 0.25) is 0 Å². The smallest absolute Gasteiger partial charge is 0.421 e. The van der Waals surface area contributed by atoms with Gasteiger partial charge in [-0.2, -0.15) is 22.6 Å². The van der Waals surface area contributed by atoms with Crippen molar-refractivity contribution in [2.45, 2.75) is 25.6 Å². The number of hydrogen-bond acceptors (Lipinski definition) is 4. The number of aromatic nitrogens is 1. The number of fused-ring (bicyclic) bond motifs is 2. The van der Waals surface area contributed by atoms with Crippen LogP contribution in [0, 0.1) is 6.92 Å². The zero-order valence-corrected chi connectivity index (χ0v) is 19.2. The molecule has 0 saturated carbocycles. The molecule has 33 heavy (non-hydrogen) atoms. The fraction of sp³-hybridized carbons (Fsp3) is 0.238. The van der Waals surface area contributed by atoms with Gasteiger partial charge in [-0.1, -0.05) is 15.9 Å². The molecule has 0 N–H and O–H groups in total. The second kappa shape index (κ2) is 7.59. The average molecular weight is 544 g/mol. The third-order valence-electron chi connectivity index (χ3n) is 5.15. The summed E-state index contributed by atoms with van der Waals surface area (Å²) in [6, 6.07) is 8.78. The Morgan fingerprint density at radius 2 is 1.82 bits per heavy atom. The molecule has 0 saturated heterocycles. The molecule has 2 aliphatic heterocycles. The van der Waals surface area contributed by atoms with E-state index < -0.39 is 29.7 Å². The number of rotatable bonds is 1. The van der Waals surface area contributed by atoms with Gasteiger partial charge >= 0.3 is 18.2 Å². The highest BCUT2D eigenvalue weighted by Gasteiger charge is 2.65. The summed E-state index contributed by atoms with van der Waals surface area (Å²) in [6.07, 6.45) is -7.26. The Labute approximate surface area is 196 Å². The number of carbonyl (C=O) groups is 1. The first-order valence-electron chi connectivity index (χ1n) is 9.66. The van der Waals surface area contributed by atoms with Crippen LogP contribution in [0.2, 0.25) is 0 Å². The molecule has 3 aromatic rings. The van der Waals surface area contributed by atoms with Crippen molar-refractivity contribution >= 4 is 39.0 Å². The molecule has 0 fully saturated rings. The van der Waals surface area contributed by atoms with E-state index in [0.29, 0.717) is 18.7 Å². The van der Waals surface area contributed by atoms with Crippen molar-refractivity contribution < 1.29 is 31.8 Å². The Morgan fingerprint density at radius 1 is 1.09 bits per heavy atom. The normalized spacial score (nSPS) is 18.4. The number of halogens is 5. The number of ether oxygens (including phenoxy) is 2. The molecule has 0 radical (unpaired) electrons. The van der Waals surface area contributed by atoms with Gasteiger partial charge in [0.15, 0.2) is 16.3 Å². The highest BCUT2D eigenvalue weighted by Crippen LogP contribution is 2.47. The highest BCUT2D eigenvalue weighted by molar-refractivity contribution is 9.10. The zero-order valence-electron chi connectivity index (χ0n) is 16.8. The van der Waals surface area contributed by atoms with Crippen molar-refractivity contribution in [2.75, 3.05) is 11.4 Å².